The fraction of sp³-hybridized carbons (Fsp3) is 0.889. The van der Waals surface area contributed by atoms with Crippen molar-refractivity contribution in [3.8, 4) is 0 Å². The maximum absolute atomic E-state index is 11.5. The van der Waals surface area contributed by atoms with E-state index in [2.05, 4.69) is 5.32 Å². The first-order valence-corrected chi connectivity index (χ1v) is 5.06. The molecular formula is C9H16N2O2. The van der Waals surface area contributed by atoms with Crippen LogP contribution in [0.25, 0.3) is 0 Å². The molecule has 2 heterocycles. The van der Waals surface area contributed by atoms with E-state index in [0.717, 1.165) is 45.3 Å². The summed E-state index contributed by atoms with van der Waals surface area (Å²) in [5.41, 5.74) is 0. The van der Waals surface area contributed by atoms with Crippen LogP contribution < -0.4 is 5.32 Å². The molecule has 0 aromatic carbocycles. The Morgan fingerprint density at radius 3 is 2.69 bits per heavy atom. The smallest absolute Gasteiger partial charge is 0.341 e. The molecule has 0 aromatic rings. The number of carbonyl (C=O) groups is 1. The van der Waals surface area contributed by atoms with Crippen LogP contribution in [0.5, 0.6) is 0 Å². The molecule has 13 heavy (non-hydrogen) atoms. The van der Waals surface area contributed by atoms with Crippen molar-refractivity contribution in [1.82, 2.24) is 10.4 Å². The van der Waals surface area contributed by atoms with E-state index in [1.165, 1.54) is 0 Å². The fourth-order valence-electron chi connectivity index (χ4n) is 1.86. The highest BCUT2D eigenvalue weighted by atomic mass is 16.7. The quantitative estimate of drug-likeness (QED) is 0.670. The topological polar surface area (TPSA) is 41.6 Å². The summed E-state index contributed by atoms with van der Waals surface area (Å²) in [4.78, 5) is 16.7. The molecule has 0 spiro atoms. The van der Waals surface area contributed by atoms with Crippen LogP contribution in [-0.4, -0.2) is 36.7 Å². The van der Waals surface area contributed by atoms with Crippen molar-refractivity contribution < 1.29 is 9.63 Å². The van der Waals surface area contributed by atoms with Crippen LogP contribution in [0.15, 0.2) is 0 Å². The molecule has 0 aromatic heterocycles. The van der Waals surface area contributed by atoms with E-state index in [0.29, 0.717) is 0 Å². The van der Waals surface area contributed by atoms with Crippen molar-refractivity contribution in [3.63, 3.8) is 0 Å². The first kappa shape index (κ1) is 8.97. The van der Waals surface area contributed by atoms with Crippen LogP contribution in [-0.2, 0) is 9.63 Å². The Kier molecular flexibility index (Phi) is 2.80. The Morgan fingerprint density at radius 1 is 1.31 bits per heavy atom. The lowest BCUT2D eigenvalue weighted by Crippen LogP contribution is -2.37. The summed E-state index contributed by atoms with van der Waals surface area (Å²) < 4.78 is 0. The van der Waals surface area contributed by atoms with Crippen LogP contribution in [0.2, 0.25) is 0 Å². The molecule has 4 heteroatoms. The second kappa shape index (κ2) is 4.07. The molecule has 0 aliphatic carbocycles. The number of nitrogens with zero attached hydrogens (tertiary/aromatic N) is 1. The van der Waals surface area contributed by atoms with Gasteiger partial charge in [-0.1, -0.05) is 0 Å². The molecule has 2 saturated heterocycles. The maximum atomic E-state index is 11.5. The van der Waals surface area contributed by atoms with Gasteiger partial charge in [-0.2, -0.15) is 0 Å². The third kappa shape index (κ3) is 2.19. The van der Waals surface area contributed by atoms with Crippen molar-refractivity contribution in [1.29, 1.82) is 0 Å². The van der Waals surface area contributed by atoms with Crippen LogP contribution in [0.3, 0.4) is 0 Å². The molecule has 74 valence electrons. The molecule has 1 N–H and O–H groups in total. The normalized spacial score (nSPS) is 29.4. The van der Waals surface area contributed by atoms with Crippen LogP contribution in [0.1, 0.15) is 25.7 Å². The van der Waals surface area contributed by atoms with E-state index < -0.39 is 0 Å². The van der Waals surface area contributed by atoms with Crippen molar-refractivity contribution in [2.24, 2.45) is 0 Å². The molecule has 0 unspecified atom stereocenters. The van der Waals surface area contributed by atoms with Gasteiger partial charge in [-0.05, 0) is 32.2 Å². The number of carbonyl (C=O) groups excluding carboxylic acids is 1. The number of nitrogens with one attached hydrogen (secondary N) is 1. The van der Waals surface area contributed by atoms with E-state index in [1.807, 2.05) is 0 Å². The molecule has 2 aliphatic heterocycles. The highest BCUT2D eigenvalue weighted by molar-refractivity contribution is 5.75. The van der Waals surface area contributed by atoms with Gasteiger partial charge in [0, 0.05) is 13.1 Å². The van der Waals surface area contributed by atoms with Gasteiger partial charge in [0.05, 0.1) is 0 Å². The Morgan fingerprint density at radius 2 is 2.08 bits per heavy atom. The number of hydroxylamine groups is 2. The van der Waals surface area contributed by atoms with Gasteiger partial charge >= 0.3 is 5.97 Å². The number of hydrogen-bond donors (Lipinski definition) is 1. The average molecular weight is 184 g/mol. The van der Waals surface area contributed by atoms with Gasteiger partial charge in [-0.25, -0.2) is 4.79 Å². The zero-order valence-corrected chi connectivity index (χ0v) is 7.79. The molecule has 0 amide bonds. The van der Waals surface area contributed by atoms with E-state index in [1.54, 1.807) is 5.06 Å². The predicted molar refractivity (Wildman–Crippen MR) is 47.9 cm³/mol. The highest BCUT2D eigenvalue weighted by Gasteiger charge is 2.26. The Hall–Kier alpha value is -0.610. The average Bonchev–Trinajstić information content (AvgIpc) is 2.74. The largest absolute Gasteiger partial charge is 0.366 e. The molecule has 4 nitrogen and oxygen atoms in total. The van der Waals surface area contributed by atoms with Gasteiger partial charge in [0.1, 0.15) is 6.04 Å². The Bertz CT molecular complexity index is 184. The summed E-state index contributed by atoms with van der Waals surface area (Å²) >= 11 is 0. The van der Waals surface area contributed by atoms with Gasteiger partial charge in [0.25, 0.3) is 0 Å². The minimum absolute atomic E-state index is 0.0550. The monoisotopic (exact) mass is 184 g/mol. The third-order valence-corrected chi connectivity index (χ3v) is 2.63. The first-order chi connectivity index (χ1) is 6.36. The molecular weight excluding hydrogens is 168 g/mol. The zero-order chi connectivity index (χ0) is 9.10. The minimum atomic E-state index is -0.0978. The van der Waals surface area contributed by atoms with E-state index >= 15 is 0 Å². The van der Waals surface area contributed by atoms with Crippen LogP contribution in [0, 0.1) is 0 Å². The molecule has 1 atom stereocenters. The summed E-state index contributed by atoms with van der Waals surface area (Å²) in [6.07, 6.45) is 4.29. The Balaban J connectivity index is 1.76. The lowest BCUT2D eigenvalue weighted by molar-refractivity contribution is -0.187. The highest BCUT2D eigenvalue weighted by Crippen LogP contribution is 2.11. The lowest BCUT2D eigenvalue weighted by Gasteiger charge is -2.16. The summed E-state index contributed by atoms with van der Waals surface area (Å²) in [5.74, 6) is -0.0978. The van der Waals surface area contributed by atoms with Gasteiger partial charge in [0.2, 0.25) is 0 Å². The number of rotatable bonds is 2. The minimum Gasteiger partial charge on any atom is -0.366 e. The Labute approximate surface area is 78.2 Å². The lowest BCUT2D eigenvalue weighted by atomic mass is 10.2. The molecule has 0 radical (unpaired) electrons. The third-order valence-electron chi connectivity index (χ3n) is 2.63. The fourth-order valence-corrected chi connectivity index (χ4v) is 1.86. The van der Waals surface area contributed by atoms with Crippen molar-refractivity contribution in [3.05, 3.63) is 0 Å². The van der Waals surface area contributed by atoms with Crippen LogP contribution >= 0.6 is 0 Å². The molecule has 0 bridgehead atoms. The SMILES string of the molecule is O=C(ON1CCCC1)[C@@H]1CCCN1. The summed E-state index contributed by atoms with van der Waals surface area (Å²) in [6, 6.07) is -0.0550. The molecule has 2 rings (SSSR count). The van der Waals surface area contributed by atoms with Crippen molar-refractivity contribution in [2.45, 2.75) is 31.7 Å². The maximum Gasteiger partial charge on any atom is 0.341 e. The second-order valence-corrected chi connectivity index (χ2v) is 3.70. The van der Waals surface area contributed by atoms with Gasteiger partial charge in [-0.3, -0.25) is 0 Å². The van der Waals surface area contributed by atoms with Gasteiger partial charge in [-0.15, -0.1) is 5.06 Å². The van der Waals surface area contributed by atoms with Gasteiger partial charge in [0.15, 0.2) is 0 Å². The van der Waals surface area contributed by atoms with E-state index in [9.17, 15) is 4.79 Å². The zero-order valence-electron chi connectivity index (χ0n) is 7.79. The van der Waals surface area contributed by atoms with Gasteiger partial charge < -0.3 is 10.2 Å². The number of hydrogen-bond acceptors (Lipinski definition) is 4. The summed E-state index contributed by atoms with van der Waals surface area (Å²) in [6.45, 7) is 2.75. The van der Waals surface area contributed by atoms with Crippen LogP contribution in [0.4, 0.5) is 0 Å². The van der Waals surface area contributed by atoms with Crippen molar-refractivity contribution >= 4 is 5.97 Å². The molecule has 2 aliphatic rings. The standard InChI is InChI=1S/C9H16N2O2/c12-9(8-4-3-5-10-8)13-11-6-1-2-7-11/h8,10H,1-7H2/t8-/m0/s1. The second-order valence-electron chi connectivity index (χ2n) is 3.70. The van der Waals surface area contributed by atoms with Crippen molar-refractivity contribution in [2.75, 3.05) is 19.6 Å². The molecule has 0 saturated carbocycles. The van der Waals surface area contributed by atoms with E-state index in [-0.39, 0.29) is 12.0 Å². The summed E-state index contributed by atoms with van der Waals surface area (Å²) in [5, 5.41) is 4.91. The summed E-state index contributed by atoms with van der Waals surface area (Å²) in [7, 11) is 0. The van der Waals surface area contributed by atoms with E-state index in [4.69, 9.17) is 4.84 Å². The first-order valence-electron chi connectivity index (χ1n) is 5.06. The molecule has 2 fully saturated rings. The predicted octanol–water partition coefficient (Wildman–Crippen LogP) is 0.292.